The number of halogens is 2. The van der Waals surface area contributed by atoms with E-state index in [0.717, 1.165) is 16.8 Å². The van der Waals surface area contributed by atoms with Gasteiger partial charge in [-0.05, 0) is 49.2 Å². The van der Waals surface area contributed by atoms with Gasteiger partial charge < -0.3 is 10.3 Å². The summed E-state index contributed by atoms with van der Waals surface area (Å²) in [6.45, 7) is 5.08. The van der Waals surface area contributed by atoms with Crippen LogP contribution in [0.3, 0.4) is 0 Å². The zero-order valence-electron chi connectivity index (χ0n) is 16.2. The summed E-state index contributed by atoms with van der Waals surface area (Å²) < 4.78 is 14.3. The van der Waals surface area contributed by atoms with E-state index >= 15 is 0 Å². The summed E-state index contributed by atoms with van der Waals surface area (Å²) in [7, 11) is 0. The van der Waals surface area contributed by atoms with Crippen LogP contribution in [0, 0.1) is 19.7 Å². The van der Waals surface area contributed by atoms with Gasteiger partial charge in [0.1, 0.15) is 0 Å². The lowest BCUT2D eigenvalue weighted by Crippen LogP contribution is -2.39. The highest BCUT2D eigenvalue weighted by Gasteiger charge is 2.23. The molecule has 1 aliphatic rings. The molecule has 5 nitrogen and oxygen atoms in total. The number of carbonyl (C=O) groups is 1. The fraction of sp³-hybridized carbons (Fsp3) is 0.273. The van der Waals surface area contributed by atoms with Crippen molar-refractivity contribution < 1.29 is 9.18 Å². The molecule has 7 heteroatoms. The molecule has 1 aliphatic heterocycles. The van der Waals surface area contributed by atoms with Crippen LogP contribution in [0.25, 0.3) is 10.9 Å². The summed E-state index contributed by atoms with van der Waals surface area (Å²) in [6, 6.07) is 8.81. The Bertz CT molecular complexity index is 1170. The third kappa shape index (κ3) is 3.91. The first-order valence-electron chi connectivity index (χ1n) is 9.44. The number of fused-ring (bicyclic) bond motifs is 2. The number of rotatable bonds is 3. The average Bonchev–Trinajstić information content (AvgIpc) is 2.65. The number of anilines is 1. The molecule has 0 fully saturated rings. The second kappa shape index (κ2) is 7.61. The third-order valence-corrected chi connectivity index (χ3v) is 5.48. The quantitative estimate of drug-likeness (QED) is 0.683. The highest BCUT2D eigenvalue weighted by atomic mass is 35.5. The molecule has 0 aliphatic carbocycles. The Morgan fingerprint density at radius 1 is 1.24 bits per heavy atom. The van der Waals surface area contributed by atoms with Gasteiger partial charge in [-0.25, -0.2) is 4.39 Å². The standard InChI is InChI=1S/C22H21ClFN3O2/c1-12-7-13(2)9-14(8-12)25-19(28)11-27-6-5-18-16(10-27)22(29)15-3-4-17(23)20(24)21(15)26-18/h3-4,7-9H,5-6,10-11H2,1-2H3,(H,25,28)(H,26,29). The molecular formula is C22H21ClFN3O2. The van der Waals surface area contributed by atoms with Crippen LogP contribution in [-0.4, -0.2) is 28.9 Å². The van der Waals surface area contributed by atoms with Gasteiger partial charge in [-0.3, -0.25) is 14.5 Å². The molecule has 2 aromatic carbocycles. The molecule has 0 spiro atoms. The van der Waals surface area contributed by atoms with Gasteiger partial charge in [0.2, 0.25) is 5.91 Å². The van der Waals surface area contributed by atoms with E-state index in [1.807, 2.05) is 36.9 Å². The Morgan fingerprint density at radius 2 is 1.97 bits per heavy atom. The molecule has 2 N–H and O–H groups in total. The lowest BCUT2D eigenvalue weighted by atomic mass is 10.0. The average molecular weight is 414 g/mol. The smallest absolute Gasteiger partial charge is 0.238 e. The Labute approximate surface area is 172 Å². The van der Waals surface area contributed by atoms with E-state index in [9.17, 15) is 14.0 Å². The topological polar surface area (TPSA) is 65.2 Å². The second-order valence-electron chi connectivity index (χ2n) is 7.58. The first-order valence-corrected chi connectivity index (χ1v) is 9.82. The maximum absolute atomic E-state index is 14.3. The summed E-state index contributed by atoms with van der Waals surface area (Å²) in [4.78, 5) is 30.3. The summed E-state index contributed by atoms with van der Waals surface area (Å²) in [5.74, 6) is -0.743. The maximum atomic E-state index is 14.3. The molecular weight excluding hydrogens is 393 g/mol. The van der Waals surface area contributed by atoms with E-state index in [4.69, 9.17) is 11.6 Å². The van der Waals surface area contributed by atoms with Crippen LogP contribution in [0.1, 0.15) is 22.4 Å². The first-order chi connectivity index (χ1) is 13.8. The lowest BCUT2D eigenvalue weighted by Gasteiger charge is -2.28. The molecule has 0 atom stereocenters. The fourth-order valence-electron chi connectivity index (χ4n) is 3.93. The van der Waals surface area contributed by atoms with E-state index in [2.05, 4.69) is 10.3 Å². The number of H-pyrrole nitrogens is 1. The van der Waals surface area contributed by atoms with Crippen LogP contribution in [0.4, 0.5) is 10.1 Å². The molecule has 29 heavy (non-hydrogen) atoms. The number of nitrogens with zero attached hydrogens (tertiary/aromatic N) is 1. The van der Waals surface area contributed by atoms with E-state index in [0.29, 0.717) is 30.8 Å². The summed E-state index contributed by atoms with van der Waals surface area (Å²) in [6.07, 6.45) is 0.531. The van der Waals surface area contributed by atoms with Crippen LogP contribution < -0.4 is 10.7 Å². The van der Waals surface area contributed by atoms with Gasteiger partial charge in [-0.2, -0.15) is 0 Å². The van der Waals surface area contributed by atoms with Crippen molar-refractivity contribution in [2.75, 3.05) is 18.4 Å². The van der Waals surface area contributed by atoms with Crippen LogP contribution in [0.5, 0.6) is 0 Å². The molecule has 1 aromatic heterocycles. The largest absolute Gasteiger partial charge is 0.355 e. The van der Waals surface area contributed by atoms with Gasteiger partial charge in [-0.1, -0.05) is 17.7 Å². The van der Waals surface area contributed by atoms with Crippen molar-refractivity contribution in [3.8, 4) is 0 Å². The van der Waals surface area contributed by atoms with E-state index in [1.165, 1.54) is 12.1 Å². The van der Waals surface area contributed by atoms with Gasteiger partial charge >= 0.3 is 0 Å². The number of hydrogen-bond donors (Lipinski definition) is 2. The highest BCUT2D eigenvalue weighted by Crippen LogP contribution is 2.24. The van der Waals surface area contributed by atoms with Crippen molar-refractivity contribution in [2.24, 2.45) is 0 Å². The Morgan fingerprint density at radius 3 is 2.69 bits per heavy atom. The molecule has 0 saturated heterocycles. The van der Waals surface area contributed by atoms with Crippen LogP contribution >= 0.6 is 11.6 Å². The Balaban J connectivity index is 1.54. The van der Waals surface area contributed by atoms with Gasteiger partial charge in [0, 0.05) is 41.8 Å². The predicted molar refractivity (Wildman–Crippen MR) is 113 cm³/mol. The zero-order chi connectivity index (χ0) is 20.7. The first kappa shape index (κ1) is 19.6. The van der Waals surface area contributed by atoms with Crippen LogP contribution in [0.2, 0.25) is 5.02 Å². The summed E-state index contributed by atoms with van der Waals surface area (Å²) >= 11 is 5.84. The monoisotopic (exact) mass is 413 g/mol. The highest BCUT2D eigenvalue weighted by molar-refractivity contribution is 6.31. The lowest BCUT2D eigenvalue weighted by molar-refractivity contribution is -0.117. The second-order valence-corrected chi connectivity index (χ2v) is 7.99. The van der Waals surface area contributed by atoms with Crippen molar-refractivity contribution in [1.82, 2.24) is 9.88 Å². The zero-order valence-corrected chi connectivity index (χ0v) is 17.0. The Hall–Kier alpha value is -2.70. The number of benzene rings is 2. The molecule has 0 radical (unpaired) electrons. The van der Waals surface area contributed by atoms with Crippen molar-refractivity contribution in [3.05, 3.63) is 73.8 Å². The van der Waals surface area contributed by atoms with Gasteiger partial charge in [0.05, 0.1) is 17.1 Å². The van der Waals surface area contributed by atoms with Crippen molar-refractivity contribution in [3.63, 3.8) is 0 Å². The van der Waals surface area contributed by atoms with Crippen molar-refractivity contribution >= 4 is 34.1 Å². The fourth-order valence-corrected chi connectivity index (χ4v) is 4.08. The number of pyridine rings is 1. The van der Waals surface area contributed by atoms with E-state index in [-0.39, 0.29) is 33.8 Å². The molecule has 150 valence electrons. The Kier molecular flexibility index (Phi) is 5.15. The van der Waals surface area contributed by atoms with E-state index < -0.39 is 5.82 Å². The molecule has 2 heterocycles. The third-order valence-electron chi connectivity index (χ3n) is 5.19. The number of nitrogens with one attached hydrogen (secondary N) is 2. The molecule has 3 aromatic rings. The van der Waals surface area contributed by atoms with Crippen LogP contribution in [0.15, 0.2) is 35.1 Å². The number of aromatic amines is 1. The normalized spacial score (nSPS) is 14.1. The molecule has 0 bridgehead atoms. The predicted octanol–water partition coefficient (Wildman–Crippen LogP) is 3.93. The van der Waals surface area contributed by atoms with Gasteiger partial charge in [0.25, 0.3) is 0 Å². The van der Waals surface area contributed by atoms with E-state index in [1.54, 1.807) is 0 Å². The minimum atomic E-state index is -0.612. The minimum Gasteiger partial charge on any atom is -0.355 e. The number of aromatic nitrogens is 1. The van der Waals surface area contributed by atoms with Gasteiger partial charge in [-0.15, -0.1) is 0 Å². The van der Waals surface area contributed by atoms with Crippen LogP contribution in [-0.2, 0) is 17.8 Å². The van der Waals surface area contributed by atoms with Crippen molar-refractivity contribution in [2.45, 2.75) is 26.8 Å². The number of hydrogen-bond acceptors (Lipinski definition) is 3. The maximum Gasteiger partial charge on any atom is 0.238 e. The minimum absolute atomic E-state index is 0.0198. The molecule has 0 saturated carbocycles. The summed E-state index contributed by atoms with van der Waals surface area (Å²) in [5.41, 5.74) is 4.13. The molecule has 1 amide bonds. The number of amides is 1. The molecule has 0 unspecified atom stereocenters. The number of carbonyl (C=O) groups excluding carboxylic acids is 1. The van der Waals surface area contributed by atoms with Gasteiger partial charge in [0.15, 0.2) is 11.2 Å². The summed E-state index contributed by atoms with van der Waals surface area (Å²) in [5, 5.41) is 3.17. The SMILES string of the molecule is Cc1cc(C)cc(NC(=O)CN2CCc3[nH]c4c(F)c(Cl)ccc4c(=O)c3C2)c1. The molecule has 4 rings (SSSR count). The number of aryl methyl sites for hydroxylation is 2. The van der Waals surface area contributed by atoms with Crippen molar-refractivity contribution in [1.29, 1.82) is 0 Å².